The monoisotopic (exact) mass is 403 g/mol. The Morgan fingerprint density at radius 1 is 1.17 bits per heavy atom. The first-order valence-corrected chi connectivity index (χ1v) is 9.85. The van der Waals surface area contributed by atoms with Crippen molar-refractivity contribution in [3.63, 3.8) is 0 Å². The third-order valence-corrected chi connectivity index (χ3v) is 5.08. The van der Waals surface area contributed by atoms with Gasteiger partial charge in [-0.15, -0.1) is 0 Å². The van der Waals surface area contributed by atoms with Gasteiger partial charge in [-0.2, -0.15) is 0 Å². The Hall–Kier alpha value is -2.67. The maximum absolute atomic E-state index is 13.0. The Balaban J connectivity index is 1.68. The van der Waals surface area contributed by atoms with Crippen molar-refractivity contribution in [3.05, 3.63) is 41.9 Å². The number of furan rings is 1. The number of carbonyl (C=O) groups excluding carboxylic acids is 1. The van der Waals surface area contributed by atoms with Crippen molar-refractivity contribution in [1.29, 1.82) is 0 Å². The van der Waals surface area contributed by atoms with Crippen molar-refractivity contribution in [2.24, 2.45) is 0 Å². The highest BCUT2D eigenvalue weighted by Gasteiger charge is 2.23. The highest BCUT2D eigenvalue weighted by atomic mass is 16.5. The maximum Gasteiger partial charge on any atom is 0.223 e. The average molecular weight is 403 g/mol. The molecule has 2 aromatic rings. The van der Waals surface area contributed by atoms with Crippen LogP contribution in [0.5, 0.6) is 17.2 Å². The number of aryl methyl sites for hydroxylation is 1. The molecule has 1 aliphatic heterocycles. The average Bonchev–Trinajstić information content (AvgIpc) is 3.44. The van der Waals surface area contributed by atoms with E-state index >= 15 is 0 Å². The predicted molar refractivity (Wildman–Crippen MR) is 108 cm³/mol. The second kappa shape index (κ2) is 10.2. The molecule has 0 bridgehead atoms. The smallest absolute Gasteiger partial charge is 0.223 e. The van der Waals surface area contributed by atoms with Gasteiger partial charge >= 0.3 is 0 Å². The molecular formula is C22H29NO6. The Kier molecular flexibility index (Phi) is 7.41. The lowest BCUT2D eigenvalue weighted by atomic mass is 10.1. The lowest BCUT2D eigenvalue weighted by Crippen LogP contribution is -2.37. The number of amides is 1. The van der Waals surface area contributed by atoms with Crippen LogP contribution in [0, 0.1) is 0 Å². The molecule has 0 radical (unpaired) electrons. The van der Waals surface area contributed by atoms with Crippen molar-refractivity contribution in [2.75, 3.05) is 34.5 Å². The van der Waals surface area contributed by atoms with Crippen LogP contribution in [-0.2, 0) is 22.5 Å². The van der Waals surface area contributed by atoms with E-state index in [-0.39, 0.29) is 12.0 Å². The van der Waals surface area contributed by atoms with Crippen LogP contribution in [0.15, 0.2) is 34.9 Å². The number of hydrogen-bond donors (Lipinski definition) is 0. The SMILES string of the molecule is COc1cc(CCC(=O)N(Cc2ccco2)C[C@H]2CCCO2)cc(OC)c1OC. The summed E-state index contributed by atoms with van der Waals surface area (Å²) in [7, 11) is 4.74. The van der Waals surface area contributed by atoms with Crippen LogP contribution in [-0.4, -0.2) is 51.4 Å². The molecule has 1 amide bonds. The molecule has 158 valence electrons. The molecular weight excluding hydrogens is 374 g/mol. The van der Waals surface area contributed by atoms with Crippen LogP contribution in [0.3, 0.4) is 0 Å². The van der Waals surface area contributed by atoms with Gasteiger partial charge in [-0.05, 0) is 49.1 Å². The topological polar surface area (TPSA) is 70.4 Å². The van der Waals surface area contributed by atoms with E-state index in [1.807, 2.05) is 29.2 Å². The zero-order chi connectivity index (χ0) is 20.6. The summed E-state index contributed by atoms with van der Waals surface area (Å²) in [4.78, 5) is 14.8. The Labute approximate surface area is 171 Å². The third kappa shape index (κ3) is 5.44. The maximum atomic E-state index is 13.0. The van der Waals surface area contributed by atoms with Crippen LogP contribution in [0.2, 0.25) is 0 Å². The summed E-state index contributed by atoms with van der Waals surface area (Å²) in [5, 5.41) is 0. The lowest BCUT2D eigenvalue weighted by Gasteiger charge is -2.25. The molecule has 1 aliphatic rings. The number of hydrogen-bond acceptors (Lipinski definition) is 6. The van der Waals surface area contributed by atoms with Crippen LogP contribution in [0.25, 0.3) is 0 Å². The molecule has 7 heteroatoms. The van der Waals surface area contributed by atoms with E-state index in [9.17, 15) is 4.79 Å². The van der Waals surface area contributed by atoms with Gasteiger partial charge in [0.1, 0.15) is 5.76 Å². The fraction of sp³-hybridized carbons (Fsp3) is 0.500. The minimum atomic E-state index is 0.0608. The number of nitrogens with zero attached hydrogens (tertiary/aromatic N) is 1. The normalized spacial score (nSPS) is 15.9. The molecule has 1 fully saturated rings. The second-order valence-electron chi connectivity index (χ2n) is 7.02. The summed E-state index contributed by atoms with van der Waals surface area (Å²) in [6.45, 7) is 1.79. The summed E-state index contributed by atoms with van der Waals surface area (Å²) in [5.41, 5.74) is 0.947. The van der Waals surface area contributed by atoms with Crippen molar-refractivity contribution < 1.29 is 28.2 Å². The highest BCUT2D eigenvalue weighted by Crippen LogP contribution is 2.38. The lowest BCUT2D eigenvalue weighted by molar-refractivity contribution is -0.133. The predicted octanol–water partition coefficient (Wildman–Crippen LogP) is 3.45. The van der Waals surface area contributed by atoms with Gasteiger partial charge in [-0.1, -0.05) is 0 Å². The molecule has 0 unspecified atom stereocenters. The number of ether oxygens (including phenoxy) is 4. The Morgan fingerprint density at radius 2 is 1.93 bits per heavy atom. The van der Waals surface area contributed by atoms with Crippen molar-refractivity contribution in [2.45, 2.75) is 38.3 Å². The van der Waals surface area contributed by atoms with Gasteiger partial charge in [0.25, 0.3) is 0 Å². The molecule has 7 nitrogen and oxygen atoms in total. The van der Waals surface area contributed by atoms with Crippen molar-refractivity contribution in [1.82, 2.24) is 4.90 Å². The van der Waals surface area contributed by atoms with Crippen LogP contribution >= 0.6 is 0 Å². The van der Waals surface area contributed by atoms with Crippen molar-refractivity contribution in [3.8, 4) is 17.2 Å². The molecule has 1 aromatic carbocycles. The Bertz CT molecular complexity index is 758. The van der Waals surface area contributed by atoms with E-state index in [0.717, 1.165) is 30.8 Å². The summed E-state index contributed by atoms with van der Waals surface area (Å²) < 4.78 is 27.3. The standard InChI is InChI=1S/C22H29NO6/c1-25-19-12-16(13-20(26-2)22(19)27-3)8-9-21(24)23(14-17-6-4-10-28-17)15-18-7-5-11-29-18/h4,6,10,12-13,18H,5,7-9,11,14-15H2,1-3H3/t18-/m1/s1. The number of methoxy groups -OCH3 is 3. The van der Waals surface area contributed by atoms with Crippen molar-refractivity contribution >= 4 is 5.91 Å². The second-order valence-corrected chi connectivity index (χ2v) is 7.02. The summed E-state index contributed by atoms with van der Waals surface area (Å²) in [5.74, 6) is 2.54. The van der Waals surface area contributed by atoms with E-state index in [2.05, 4.69) is 0 Å². The minimum Gasteiger partial charge on any atom is -0.493 e. The zero-order valence-electron chi connectivity index (χ0n) is 17.3. The van der Waals surface area contributed by atoms with Gasteiger partial charge < -0.3 is 28.3 Å². The molecule has 0 N–H and O–H groups in total. The zero-order valence-corrected chi connectivity index (χ0v) is 17.3. The number of carbonyl (C=O) groups is 1. The minimum absolute atomic E-state index is 0.0608. The third-order valence-electron chi connectivity index (χ3n) is 5.08. The highest BCUT2D eigenvalue weighted by molar-refractivity contribution is 5.76. The largest absolute Gasteiger partial charge is 0.493 e. The molecule has 3 rings (SSSR count). The van der Waals surface area contributed by atoms with Crippen LogP contribution in [0.4, 0.5) is 0 Å². The van der Waals surface area contributed by atoms with E-state index in [0.29, 0.717) is 43.2 Å². The summed E-state index contributed by atoms with van der Waals surface area (Å²) >= 11 is 0. The fourth-order valence-corrected chi connectivity index (χ4v) is 3.57. The van der Waals surface area contributed by atoms with Gasteiger partial charge in [0.15, 0.2) is 11.5 Å². The van der Waals surface area contributed by atoms with Gasteiger partial charge in [0.2, 0.25) is 11.7 Å². The fourth-order valence-electron chi connectivity index (χ4n) is 3.57. The molecule has 0 spiro atoms. The van der Waals surface area contributed by atoms with E-state index in [1.165, 1.54) is 0 Å². The molecule has 29 heavy (non-hydrogen) atoms. The van der Waals surface area contributed by atoms with Gasteiger partial charge in [-0.3, -0.25) is 4.79 Å². The van der Waals surface area contributed by atoms with Gasteiger partial charge in [-0.25, -0.2) is 0 Å². The number of benzene rings is 1. The molecule has 1 aromatic heterocycles. The van der Waals surface area contributed by atoms with Crippen LogP contribution in [0.1, 0.15) is 30.6 Å². The van der Waals surface area contributed by atoms with E-state index < -0.39 is 0 Å². The first-order chi connectivity index (χ1) is 14.1. The molecule has 2 heterocycles. The number of rotatable bonds is 10. The van der Waals surface area contributed by atoms with Gasteiger partial charge in [0, 0.05) is 19.6 Å². The van der Waals surface area contributed by atoms with Gasteiger partial charge in [0.05, 0.1) is 40.2 Å². The van der Waals surface area contributed by atoms with E-state index in [1.54, 1.807) is 27.6 Å². The molecule has 1 saturated heterocycles. The van der Waals surface area contributed by atoms with E-state index in [4.69, 9.17) is 23.4 Å². The molecule has 0 saturated carbocycles. The molecule has 1 atom stereocenters. The quantitative estimate of drug-likeness (QED) is 0.605. The first kappa shape index (κ1) is 21.0. The summed E-state index contributed by atoms with van der Waals surface area (Å²) in [6.07, 6.45) is 4.67. The summed E-state index contributed by atoms with van der Waals surface area (Å²) in [6, 6.07) is 7.48. The Morgan fingerprint density at radius 3 is 2.48 bits per heavy atom. The van der Waals surface area contributed by atoms with Crippen LogP contribution < -0.4 is 14.2 Å². The molecule has 0 aliphatic carbocycles. The first-order valence-electron chi connectivity index (χ1n) is 9.85.